The Morgan fingerprint density at radius 3 is 2.57 bits per heavy atom. The Bertz CT molecular complexity index is 660. The number of amides is 1. The van der Waals surface area contributed by atoms with Crippen LogP contribution in [0.25, 0.3) is 0 Å². The van der Waals surface area contributed by atoms with Crippen LogP contribution in [-0.2, 0) is 19.6 Å². The molecule has 0 aliphatic carbocycles. The molecule has 23 heavy (non-hydrogen) atoms. The maximum atomic E-state index is 12.5. The summed E-state index contributed by atoms with van der Waals surface area (Å²) < 4.78 is 31.5. The summed E-state index contributed by atoms with van der Waals surface area (Å²) >= 11 is 0. The third-order valence-corrected chi connectivity index (χ3v) is 5.14. The van der Waals surface area contributed by atoms with Crippen LogP contribution < -0.4 is 11.1 Å². The van der Waals surface area contributed by atoms with Crippen molar-refractivity contribution in [2.45, 2.75) is 17.9 Å². The summed E-state index contributed by atoms with van der Waals surface area (Å²) in [5.74, 6) is -0.744. The minimum absolute atomic E-state index is 0. The smallest absolute Gasteiger partial charge is 0.243 e. The molecule has 1 aromatic carbocycles. The van der Waals surface area contributed by atoms with Gasteiger partial charge in [0.2, 0.25) is 15.9 Å². The zero-order chi connectivity index (χ0) is 16.3. The highest BCUT2D eigenvalue weighted by molar-refractivity contribution is 7.89. The van der Waals surface area contributed by atoms with E-state index in [-0.39, 0.29) is 41.8 Å². The van der Waals surface area contributed by atoms with E-state index in [2.05, 4.69) is 5.32 Å². The number of phenolic OH excluding ortho intramolecular Hbond substituents is 1. The van der Waals surface area contributed by atoms with E-state index in [1.54, 1.807) is 0 Å². The summed E-state index contributed by atoms with van der Waals surface area (Å²) in [5.41, 5.74) is 5.45. The van der Waals surface area contributed by atoms with Crippen LogP contribution in [0.4, 0.5) is 5.69 Å². The number of carbonyl (C=O) groups excluding carboxylic acids is 1. The molecule has 1 fully saturated rings. The molecule has 0 saturated carbocycles. The summed E-state index contributed by atoms with van der Waals surface area (Å²) in [6.07, 6.45) is 0. The Hall–Kier alpha value is -1.39. The summed E-state index contributed by atoms with van der Waals surface area (Å²) in [7, 11) is -3.70. The summed E-state index contributed by atoms with van der Waals surface area (Å²) in [6.45, 7) is 2.70. The van der Waals surface area contributed by atoms with Gasteiger partial charge in [0.05, 0.1) is 29.8 Å². The number of rotatable bonds is 4. The van der Waals surface area contributed by atoms with Gasteiger partial charge in [-0.25, -0.2) is 8.42 Å². The predicted molar refractivity (Wildman–Crippen MR) is 87.2 cm³/mol. The molecule has 8 nitrogen and oxygen atoms in total. The lowest BCUT2D eigenvalue weighted by Gasteiger charge is -2.26. The number of nitrogens with two attached hydrogens (primary N) is 1. The molecule has 0 radical (unpaired) electrons. The Labute approximate surface area is 141 Å². The minimum atomic E-state index is -3.70. The van der Waals surface area contributed by atoms with Gasteiger partial charge in [0.1, 0.15) is 5.75 Å². The fraction of sp³-hybridized carbons (Fsp3) is 0.462. The van der Waals surface area contributed by atoms with Crippen LogP contribution in [0.15, 0.2) is 23.1 Å². The van der Waals surface area contributed by atoms with E-state index in [0.29, 0.717) is 13.2 Å². The van der Waals surface area contributed by atoms with Gasteiger partial charge in [-0.15, -0.1) is 12.4 Å². The van der Waals surface area contributed by atoms with Gasteiger partial charge in [-0.05, 0) is 25.1 Å². The van der Waals surface area contributed by atoms with Crippen molar-refractivity contribution in [3.63, 3.8) is 0 Å². The fourth-order valence-electron chi connectivity index (χ4n) is 1.96. The Kier molecular flexibility index (Phi) is 6.78. The fourth-order valence-corrected chi connectivity index (χ4v) is 3.39. The first-order valence-electron chi connectivity index (χ1n) is 6.79. The van der Waals surface area contributed by atoms with Crippen LogP contribution in [-0.4, -0.2) is 56.1 Å². The number of nitrogens with one attached hydrogen (secondary N) is 1. The molecule has 4 N–H and O–H groups in total. The molecular weight excluding hydrogens is 346 g/mol. The topological polar surface area (TPSA) is 122 Å². The SMILES string of the molecule is CC(N)C(=O)Nc1cc(S(=O)(=O)N2CCOCC2)ccc1O.Cl. The van der Waals surface area contributed by atoms with E-state index in [4.69, 9.17) is 10.5 Å². The van der Waals surface area contributed by atoms with Crippen LogP contribution in [0.2, 0.25) is 0 Å². The summed E-state index contributed by atoms with van der Waals surface area (Å²) in [6, 6.07) is 2.96. The zero-order valence-corrected chi connectivity index (χ0v) is 14.2. The van der Waals surface area contributed by atoms with Crippen molar-refractivity contribution in [1.82, 2.24) is 4.31 Å². The normalized spacial score (nSPS) is 17.1. The molecule has 1 saturated heterocycles. The van der Waals surface area contributed by atoms with Gasteiger partial charge in [0.25, 0.3) is 0 Å². The Balaban J connectivity index is 0.00000264. The molecule has 1 unspecified atom stereocenters. The molecule has 1 aliphatic heterocycles. The number of ether oxygens (including phenoxy) is 1. The number of carbonyl (C=O) groups is 1. The first-order chi connectivity index (χ1) is 10.3. The highest BCUT2D eigenvalue weighted by atomic mass is 35.5. The van der Waals surface area contributed by atoms with E-state index in [1.165, 1.54) is 29.4 Å². The second-order valence-corrected chi connectivity index (χ2v) is 6.91. The average molecular weight is 366 g/mol. The number of nitrogens with zero attached hydrogens (tertiary/aromatic N) is 1. The zero-order valence-electron chi connectivity index (χ0n) is 12.6. The lowest BCUT2D eigenvalue weighted by atomic mass is 10.2. The van der Waals surface area contributed by atoms with Gasteiger partial charge in [0, 0.05) is 13.1 Å². The van der Waals surface area contributed by atoms with Crippen molar-refractivity contribution in [1.29, 1.82) is 0 Å². The summed E-state index contributed by atoms with van der Waals surface area (Å²) in [4.78, 5) is 11.6. The van der Waals surface area contributed by atoms with Crippen LogP contribution in [0, 0.1) is 0 Å². The Morgan fingerprint density at radius 1 is 1.39 bits per heavy atom. The highest BCUT2D eigenvalue weighted by Crippen LogP contribution is 2.28. The number of benzene rings is 1. The first-order valence-corrected chi connectivity index (χ1v) is 8.24. The molecular formula is C13H20ClN3O5S. The van der Waals surface area contributed by atoms with Crippen LogP contribution >= 0.6 is 12.4 Å². The van der Waals surface area contributed by atoms with Crippen molar-refractivity contribution in [2.24, 2.45) is 5.73 Å². The molecule has 1 aromatic rings. The van der Waals surface area contributed by atoms with E-state index in [0.717, 1.165) is 0 Å². The lowest BCUT2D eigenvalue weighted by Crippen LogP contribution is -2.40. The van der Waals surface area contributed by atoms with Crippen LogP contribution in [0.3, 0.4) is 0 Å². The number of aromatic hydroxyl groups is 1. The largest absolute Gasteiger partial charge is 0.506 e. The number of hydrogen-bond acceptors (Lipinski definition) is 6. The first kappa shape index (κ1) is 19.7. The monoisotopic (exact) mass is 365 g/mol. The number of morpholine rings is 1. The molecule has 1 heterocycles. The Morgan fingerprint density at radius 2 is 2.00 bits per heavy atom. The van der Waals surface area contributed by atoms with Gasteiger partial charge in [-0.2, -0.15) is 4.31 Å². The molecule has 1 atom stereocenters. The lowest BCUT2D eigenvalue weighted by molar-refractivity contribution is -0.117. The molecule has 2 rings (SSSR count). The minimum Gasteiger partial charge on any atom is -0.506 e. The van der Waals surface area contributed by atoms with Gasteiger partial charge in [-0.1, -0.05) is 0 Å². The average Bonchev–Trinajstić information content (AvgIpc) is 2.50. The van der Waals surface area contributed by atoms with Crippen LogP contribution in [0.5, 0.6) is 5.75 Å². The van der Waals surface area contributed by atoms with Crippen molar-refractivity contribution in [3.05, 3.63) is 18.2 Å². The maximum Gasteiger partial charge on any atom is 0.243 e. The van der Waals surface area contributed by atoms with Gasteiger partial charge in [-0.3, -0.25) is 4.79 Å². The van der Waals surface area contributed by atoms with Gasteiger partial charge in [0.15, 0.2) is 0 Å². The molecule has 1 aliphatic rings. The van der Waals surface area contributed by atoms with Crippen molar-refractivity contribution >= 4 is 34.0 Å². The standard InChI is InChI=1S/C13H19N3O5S.ClH/c1-9(14)13(18)15-11-8-10(2-3-12(11)17)22(19,20)16-4-6-21-7-5-16;/h2-3,8-9,17H,4-7,14H2,1H3,(H,15,18);1H. The van der Waals surface area contributed by atoms with E-state index in [9.17, 15) is 18.3 Å². The number of anilines is 1. The third-order valence-electron chi connectivity index (χ3n) is 3.25. The molecule has 130 valence electrons. The van der Waals surface area contributed by atoms with E-state index >= 15 is 0 Å². The molecule has 10 heteroatoms. The number of sulfonamides is 1. The number of hydrogen-bond donors (Lipinski definition) is 3. The van der Waals surface area contributed by atoms with Crippen LogP contribution in [0.1, 0.15) is 6.92 Å². The quantitative estimate of drug-likeness (QED) is 0.651. The third kappa shape index (κ3) is 4.55. The van der Waals surface area contributed by atoms with Crippen molar-refractivity contribution in [3.8, 4) is 5.75 Å². The molecule has 0 spiro atoms. The molecule has 0 aromatic heterocycles. The molecule has 0 bridgehead atoms. The van der Waals surface area contributed by atoms with Crippen molar-refractivity contribution in [2.75, 3.05) is 31.6 Å². The molecule has 1 amide bonds. The van der Waals surface area contributed by atoms with Gasteiger partial charge < -0.3 is 20.9 Å². The van der Waals surface area contributed by atoms with Gasteiger partial charge >= 0.3 is 0 Å². The highest BCUT2D eigenvalue weighted by Gasteiger charge is 2.27. The van der Waals surface area contributed by atoms with E-state index in [1.807, 2.05) is 0 Å². The van der Waals surface area contributed by atoms with E-state index < -0.39 is 22.0 Å². The number of halogens is 1. The maximum absolute atomic E-state index is 12.5. The number of phenols is 1. The van der Waals surface area contributed by atoms with Crippen molar-refractivity contribution < 1.29 is 23.1 Å². The predicted octanol–water partition coefficient (Wildman–Crippen LogP) is 0.121. The summed E-state index contributed by atoms with van der Waals surface area (Å²) in [5, 5.41) is 12.2. The second-order valence-electron chi connectivity index (χ2n) is 4.97. The second kappa shape index (κ2) is 7.93.